The number of aryl methyl sites for hydroxylation is 2. The fourth-order valence-corrected chi connectivity index (χ4v) is 3.79. The van der Waals surface area contributed by atoms with Crippen LogP contribution in [0.5, 0.6) is 11.5 Å². The van der Waals surface area contributed by atoms with Gasteiger partial charge in [0.1, 0.15) is 5.75 Å². The van der Waals surface area contributed by atoms with Crippen molar-refractivity contribution >= 4 is 27.9 Å². The zero-order chi connectivity index (χ0) is 25.0. The fraction of sp³-hybridized carbons (Fsp3) is 0.320. The van der Waals surface area contributed by atoms with Crippen LogP contribution < -0.4 is 10.2 Å². The summed E-state index contributed by atoms with van der Waals surface area (Å²) in [5.74, 6) is 0.256. The van der Waals surface area contributed by atoms with Crippen LogP contribution in [-0.4, -0.2) is 33.9 Å². The maximum absolute atomic E-state index is 13.5. The maximum Gasteiger partial charge on any atom is 0.428 e. The van der Waals surface area contributed by atoms with Crippen molar-refractivity contribution in [1.82, 2.24) is 20.2 Å². The molecule has 0 aliphatic rings. The lowest BCUT2D eigenvalue weighted by Crippen LogP contribution is -2.47. The molecule has 34 heavy (non-hydrogen) atoms. The van der Waals surface area contributed by atoms with E-state index in [-0.39, 0.29) is 18.0 Å². The summed E-state index contributed by atoms with van der Waals surface area (Å²) in [6.07, 6.45) is 0.804. The van der Waals surface area contributed by atoms with Crippen molar-refractivity contribution in [3.8, 4) is 11.5 Å². The van der Waals surface area contributed by atoms with E-state index in [0.29, 0.717) is 5.75 Å². The largest absolute Gasteiger partial charge is 0.453 e. The number of aromatic nitrogens is 2. The molecule has 9 heteroatoms. The zero-order valence-corrected chi connectivity index (χ0v) is 21.8. The first kappa shape index (κ1) is 25.3. The number of hydrogen-bond donors (Lipinski definition) is 1. The van der Waals surface area contributed by atoms with E-state index in [2.05, 4.69) is 26.5 Å². The van der Waals surface area contributed by atoms with Gasteiger partial charge in [0, 0.05) is 4.47 Å². The Bertz CT molecular complexity index is 1200. The molecule has 8 nitrogen and oxygen atoms in total. The third-order valence-electron chi connectivity index (χ3n) is 5.07. The lowest BCUT2D eigenvalue weighted by Gasteiger charge is -2.26. The summed E-state index contributed by atoms with van der Waals surface area (Å²) >= 11 is 3.42. The topological polar surface area (TPSA) is 85.7 Å². The van der Waals surface area contributed by atoms with E-state index in [1.807, 2.05) is 65.0 Å². The van der Waals surface area contributed by atoms with Gasteiger partial charge in [0.15, 0.2) is 11.4 Å². The summed E-state index contributed by atoms with van der Waals surface area (Å²) in [4.78, 5) is 26.0. The van der Waals surface area contributed by atoms with E-state index in [9.17, 15) is 9.59 Å². The molecule has 2 aromatic carbocycles. The lowest BCUT2D eigenvalue weighted by molar-refractivity contribution is 0.0674. The van der Waals surface area contributed by atoms with Crippen LogP contribution in [-0.2, 0) is 16.8 Å². The second-order valence-electron chi connectivity index (χ2n) is 8.93. The van der Waals surface area contributed by atoms with Gasteiger partial charge in [-0.25, -0.2) is 9.80 Å². The second kappa shape index (κ2) is 10.3. The summed E-state index contributed by atoms with van der Waals surface area (Å²) in [5.41, 5.74) is 5.34. The fourth-order valence-electron chi connectivity index (χ4n) is 3.41. The van der Waals surface area contributed by atoms with Gasteiger partial charge in [-0.05, 0) is 63.9 Å². The molecule has 1 aromatic heterocycles. The first-order valence-electron chi connectivity index (χ1n) is 10.7. The molecule has 2 amide bonds. The molecule has 0 spiro atoms. The molecule has 0 saturated heterocycles. The van der Waals surface area contributed by atoms with Gasteiger partial charge in [0.25, 0.3) is 5.91 Å². The molecule has 1 N–H and O–H groups in total. The van der Waals surface area contributed by atoms with Crippen LogP contribution in [0.25, 0.3) is 0 Å². The number of nitrogens with one attached hydrogen (secondary N) is 1. The number of rotatable bonds is 5. The molecule has 0 radical (unpaired) electrons. The summed E-state index contributed by atoms with van der Waals surface area (Å²) in [7, 11) is 1.27. The van der Waals surface area contributed by atoms with E-state index in [0.717, 1.165) is 26.2 Å². The molecule has 3 rings (SSSR count). The quantitative estimate of drug-likeness (QED) is 0.427. The van der Waals surface area contributed by atoms with Crippen molar-refractivity contribution in [2.75, 3.05) is 7.11 Å². The van der Waals surface area contributed by atoms with E-state index >= 15 is 0 Å². The number of nitrogens with zero attached hydrogens (tertiary/aromatic N) is 3. The van der Waals surface area contributed by atoms with E-state index in [4.69, 9.17) is 9.47 Å². The van der Waals surface area contributed by atoms with Crippen molar-refractivity contribution in [1.29, 1.82) is 0 Å². The van der Waals surface area contributed by atoms with Crippen LogP contribution in [0.15, 0.2) is 53.1 Å². The van der Waals surface area contributed by atoms with Crippen molar-refractivity contribution in [2.45, 2.75) is 46.7 Å². The summed E-state index contributed by atoms with van der Waals surface area (Å²) in [5, 5.41) is 5.53. The normalized spacial score (nSPS) is 11.1. The predicted molar refractivity (Wildman–Crippen MR) is 133 cm³/mol. The minimum absolute atomic E-state index is 0.135. The summed E-state index contributed by atoms with van der Waals surface area (Å²) in [6.45, 7) is 9.86. The van der Waals surface area contributed by atoms with Gasteiger partial charge < -0.3 is 9.47 Å². The number of halogens is 1. The Morgan fingerprint density at radius 1 is 1.15 bits per heavy atom. The van der Waals surface area contributed by atoms with Crippen LogP contribution in [0.3, 0.4) is 0 Å². The Hall–Kier alpha value is -3.33. The first-order chi connectivity index (χ1) is 16.0. The number of methoxy groups -OCH3 is 1. The summed E-state index contributed by atoms with van der Waals surface area (Å²) in [6, 6.07) is 13.2. The van der Waals surface area contributed by atoms with Crippen LogP contribution in [0.4, 0.5) is 4.79 Å². The minimum Gasteiger partial charge on any atom is -0.453 e. The Labute approximate surface area is 207 Å². The van der Waals surface area contributed by atoms with E-state index in [1.54, 1.807) is 16.8 Å². The van der Waals surface area contributed by atoms with Gasteiger partial charge >= 0.3 is 6.09 Å². The molecule has 180 valence electrons. The Morgan fingerprint density at radius 2 is 1.88 bits per heavy atom. The first-order valence-corrected chi connectivity index (χ1v) is 11.5. The van der Waals surface area contributed by atoms with Gasteiger partial charge in [-0.3, -0.25) is 14.9 Å². The number of carbonyl (C=O) groups is 2. The smallest absolute Gasteiger partial charge is 0.428 e. The zero-order valence-electron chi connectivity index (χ0n) is 20.2. The van der Waals surface area contributed by atoms with Crippen molar-refractivity contribution in [3.63, 3.8) is 0 Å². The molecule has 0 bridgehead atoms. The number of hydrazine groups is 1. The molecule has 3 aromatic rings. The number of ether oxygens (including phenoxy) is 2. The molecular weight excluding hydrogens is 500 g/mol. The number of carbonyl (C=O) groups excluding carboxylic acids is 2. The average Bonchev–Trinajstić information content (AvgIpc) is 3.18. The van der Waals surface area contributed by atoms with Gasteiger partial charge in [0.2, 0.25) is 0 Å². The molecule has 0 atom stereocenters. The maximum atomic E-state index is 13.5. The van der Waals surface area contributed by atoms with Crippen LogP contribution in [0.1, 0.15) is 48.0 Å². The van der Waals surface area contributed by atoms with Crippen LogP contribution in [0, 0.1) is 13.8 Å². The number of benzene rings is 2. The number of amides is 2. The number of hydrogen-bond acceptors (Lipinski definition) is 5. The highest BCUT2D eigenvalue weighted by molar-refractivity contribution is 9.10. The molecule has 0 unspecified atom stereocenters. The second-order valence-corrected chi connectivity index (χ2v) is 9.84. The van der Waals surface area contributed by atoms with Crippen LogP contribution >= 0.6 is 15.9 Å². The van der Waals surface area contributed by atoms with E-state index < -0.39 is 17.5 Å². The van der Waals surface area contributed by atoms with Gasteiger partial charge in [-0.1, -0.05) is 45.8 Å². The molecule has 0 fully saturated rings. The Kier molecular flexibility index (Phi) is 7.66. The highest BCUT2D eigenvalue weighted by Gasteiger charge is 2.29. The molecule has 1 heterocycles. The standard InChI is InChI=1S/C25H29BrN4O4/c1-16-10-11-18(17(2)12-16)15-29(24(32)33-6)28-23(31)22-21(14-27-30(22)25(3,4)5)34-20-9-7-8-19(26)13-20/h7-14H,15H2,1-6H3,(H,28,31). The SMILES string of the molecule is COC(=O)N(Cc1ccc(C)cc1C)NC(=O)c1c(Oc2cccc(Br)c2)cnn1C(C)(C)C. The molecule has 0 aliphatic carbocycles. The van der Waals surface area contributed by atoms with Crippen molar-refractivity contribution < 1.29 is 19.1 Å². The van der Waals surface area contributed by atoms with Gasteiger partial charge in [-0.2, -0.15) is 5.10 Å². The molecule has 0 aliphatic heterocycles. The monoisotopic (exact) mass is 528 g/mol. The predicted octanol–water partition coefficient (Wildman–Crippen LogP) is 5.72. The van der Waals surface area contributed by atoms with Crippen LogP contribution in [0.2, 0.25) is 0 Å². The highest BCUT2D eigenvalue weighted by Crippen LogP contribution is 2.30. The third kappa shape index (κ3) is 5.96. The molecule has 0 saturated carbocycles. The Balaban J connectivity index is 1.95. The summed E-state index contributed by atoms with van der Waals surface area (Å²) < 4.78 is 13.3. The van der Waals surface area contributed by atoms with Crippen molar-refractivity contribution in [2.24, 2.45) is 0 Å². The van der Waals surface area contributed by atoms with Gasteiger partial charge in [0.05, 0.1) is 25.4 Å². The third-order valence-corrected chi connectivity index (χ3v) is 5.56. The molecular formula is C25H29BrN4O4. The minimum atomic E-state index is -0.690. The lowest BCUT2D eigenvalue weighted by atomic mass is 10.1. The van der Waals surface area contributed by atoms with Gasteiger partial charge in [-0.15, -0.1) is 0 Å². The Morgan fingerprint density at radius 3 is 2.50 bits per heavy atom. The van der Waals surface area contributed by atoms with E-state index in [1.165, 1.54) is 13.3 Å². The average molecular weight is 529 g/mol. The van der Waals surface area contributed by atoms with Crippen molar-refractivity contribution in [3.05, 3.63) is 75.5 Å². The highest BCUT2D eigenvalue weighted by atomic mass is 79.9.